The fraction of sp³-hybridized carbons (Fsp3) is 0.933. The lowest BCUT2D eigenvalue weighted by Gasteiger charge is -2.49. The average molecular weight is 265 g/mol. The summed E-state index contributed by atoms with van der Waals surface area (Å²) in [5.74, 6) is 0.260. The van der Waals surface area contributed by atoms with Crippen molar-refractivity contribution in [3.8, 4) is 0 Å². The Labute approximate surface area is 116 Å². The first-order valence-electron chi connectivity index (χ1n) is 7.98. The molecule has 2 saturated heterocycles. The van der Waals surface area contributed by atoms with Gasteiger partial charge in [-0.05, 0) is 45.6 Å². The van der Waals surface area contributed by atoms with Gasteiger partial charge in [-0.1, -0.05) is 6.42 Å². The molecule has 3 aliphatic rings. The fourth-order valence-corrected chi connectivity index (χ4v) is 3.84. The molecule has 0 aromatic rings. The minimum absolute atomic E-state index is 0.260. The highest BCUT2D eigenvalue weighted by Crippen LogP contribution is 2.34. The summed E-state index contributed by atoms with van der Waals surface area (Å²) in [4.78, 5) is 14.5. The Morgan fingerprint density at radius 3 is 2.37 bits per heavy atom. The van der Waals surface area contributed by atoms with Crippen LogP contribution in [0.3, 0.4) is 0 Å². The third kappa shape index (κ3) is 3.29. The number of rotatable bonds is 5. The van der Waals surface area contributed by atoms with Gasteiger partial charge < -0.3 is 10.6 Å². The van der Waals surface area contributed by atoms with Gasteiger partial charge in [0.1, 0.15) is 0 Å². The molecular formula is C15H27N3O. The van der Waals surface area contributed by atoms with Gasteiger partial charge in [-0.25, -0.2) is 0 Å². The summed E-state index contributed by atoms with van der Waals surface area (Å²) in [6.07, 6.45) is 9.59. The summed E-state index contributed by atoms with van der Waals surface area (Å²) >= 11 is 0. The Morgan fingerprint density at radius 1 is 1.11 bits per heavy atom. The number of hydrogen-bond acceptors (Lipinski definition) is 3. The number of nitrogens with one attached hydrogen (secondary N) is 2. The van der Waals surface area contributed by atoms with Crippen LogP contribution in [0.5, 0.6) is 0 Å². The van der Waals surface area contributed by atoms with E-state index in [0.717, 1.165) is 6.54 Å². The molecule has 0 radical (unpaired) electrons. The predicted octanol–water partition coefficient (Wildman–Crippen LogP) is 1.26. The third-order valence-electron chi connectivity index (χ3n) is 5.07. The lowest BCUT2D eigenvalue weighted by Crippen LogP contribution is -2.56. The summed E-state index contributed by atoms with van der Waals surface area (Å²) in [6.45, 7) is 0.963. The highest BCUT2D eigenvalue weighted by molar-refractivity contribution is 5.76. The van der Waals surface area contributed by atoms with Gasteiger partial charge in [-0.3, -0.25) is 9.69 Å². The normalized spacial score (nSPS) is 35.1. The largest absolute Gasteiger partial charge is 0.353 e. The minimum atomic E-state index is 0.260. The van der Waals surface area contributed by atoms with E-state index in [-0.39, 0.29) is 5.91 Å². The van der Waals surface area contributed by atoms with Crippen LogP contribution >= 0.6 is 0 Å². The summed E-state index contributed by atoms with van der Waals surface area (Å²) < 4.78 is 0. The number of carbonyl (C=O) groups is 1. The molecule has 0 spiro atoms. The van der Waals surface area contributed by atoms with Crippen LogP contribution < -0.4 is 10.6 Å². The molecule has 4 nitrogen and oxygen atoms in total. The zero-order chi connectivity index (χ0) is 13.2. The second-order valence-corrected chi connectivity index (χ2v) is 6.53. The van der Waals surface area contributed by atoms with Crippen LogP contribution in [0, 0.1) is 0 Å². The maximum absolute atomic E-state index is 11.8. The second-order valence-electron chi connectivity index (χ2n) is 6.53. The summed E-state index contributed by atoms with van der Waals surface area (Å²) in [5, 5.41) is 6.55. The van der Waals surface area contributed by atoms with E-state index in [9.17, 15) is 4.79 Å². The number of fused-ring (bicyclic) bond motifs is 2. The van der Waals surface area contributed by atoms with Crippen molar-refractivity contribution >= 4 is 5.91 Å². The highest BCUT2D eigenvalue weighted by atomic mass is 16.1. The molecule has 1 aliphatic carbocycles. The maximum Gasteiger partial charge on any atom is 0.221 e. The average Bonchev–Trinajstić information content (AvgIpc) is 3.19. The van der Waals surface area contributed by atoms with Crippen molar-refractivity contribution in [3.63, 3.8) is 0 Å². The Morgan fingerprint density at radius 2 is 1.79 bits per heavy atom. The zero-order valence-corrected chi connectivity index (χ0v) is 12.0. The lowest BCUT2D eigenvalue weighted by molar-refractivity contribution is -0.122. The van der Waals surface area contributed by atoms with E-state index in [0.29, 0.717) is 30.6 Å². The van der Waals surface area contributed by atoms with E-state index >= 15 is 0 Å². The maximum atomic E-state index is 11.8. The van der Waals surface area contributed by atoms with Crippen molar-refractivity contribution in [1.29, 1.82) is 0 Å². The second kappa shape index (κ2) is 5.80. The fourth-order valence-electron chi connectivity index (χ4n) is 3.84. The molecule has 2 unspecified atom stereocenters. The van der Waals surface area contributed by atoms with E-state index in [2.05, 4.69) is 22.6 Å². The van der Waals surface area contributed by atoms with Gasteiger partial charge >= 0.3 is 0 Å². The SMILES string of the molecule is CNC1CC2CCCC(C1)N2CCC(=O)NC1CC1. The van der Waals surface area contributed by atoms with Gasteiger partial charge in [0.25, 0.3) is 0 Å². The molecule has 3 rings (SSSR count). The Hall–Kier alpha value is -0.610. The molecule has 19 heavy (non-hydrogen) atoms. The third-order valence-corrected chi connectivity index (χ3v) is 5.07. The van der Waals surface area contributed by atoms with E-state index in [4.69, 9.17) is 0 Å². The van der Waals surface area contributed by atoms with Crippen molar-refractivity contribution in [2.75, 3.05) is 13.6 Å². The Kier molecular flexibility index (Phi) is 4.08. The van der Waals surface area contributed by atoms with Crippen LogP contribution in [-0.4, -0.2) is 48.6 Å². The molecule has 2 aliphatic heterocycles. The van der Waals surface area contributed by atoms with Crippen LogP contribution in [0.25, 0.3) is 0 Å². The van der Waals surface area contributed by atoms with E-state index in [1.54, 1.807) is 0 Å². The quantitative estimate of drug-likeness (QED) is 0.786. The highest BCUT2D eigenvalue weighted by Gasteiger charge is 2.37. The first-order valence-corrected chi connectivity index (χ1v) is 7.98. The number of nitrogens with zero attached hydrogens (tertiary/aromatic N) is 1. The molecule has 2 heterocycles. The standard InChI is InChI=1S/C15H27N3O/c1-16-12-9-13-3-2-4-14(10-12)18(13)8-7-15(19)17-11-5-6-11/h11-14,16H,2-10H2,1H3,(H,17,19). The molecule has 2 N–H and O–H groups in total. The number of hydrogen-bond donors (Lipinski definition) is 2. The van der Waals surface area contributed by atoms with Crippen molar-refractivity contribution in [1.82, 2.24) is 15.5 Å². The van der Waals surface area contributed by atoms with Crippen LogP contribution in [0.15, 0.2) is 0 Å². The minimum Gasteiger partial charge on any atom is -0.353 e. The first-order chi connectivity index (χ1) is 9.26. The Bertz CT molecular complexity index is 315. The Balaban J connectivity index is 1.50. The zero-order valence-electron chi connectivity index (χ0n) is 12.0. The number of piperidine rings is 2. The lowest BCUT2D eigenvalue weighted by atomic mass is 9.81. The van der Waals surface area contributed by atoms with Gasteiger partial charge in [0.15, 0.2) is 0 Å². The van der Waals surface area contributed by atoms with Crippen LogP contribution in [0.4, 0.5) is 0 Å². The first kappa shape index (κ1) is 13.4. The molecule has 4 heteroatoms. The summed E-state index contributed by atoms with van der Waals surface area (Å²) in [7, 11) is 2.08. The molecule has 1 saturated carbocycles. The molecular weight excluding hydrogens is 238 g/mol. The van der Waals surface area contributed by atoms with E-state index in [1.165, 1.54) is 44.9 Å². The van der Waals surface area contributed by atoms with Gasteiger partial charge in [0.05, 0.1) is 0 Å². The molecule has 2 atom stereocenters. The van der Waals surface area contributed by atoms with E-state index in [1.807, 2.05) is 0 Å². The molecule has 108 valence electrons. The van der Waals surface area contributed by atoms with Crippen LogP contribution in [0.2, 0.25) is 0 Å². The topological polar surface area (TPSA) is 44.4 Å². The number of amides is 1. The summed E-state index contributed by atoms with van der Waals surface area (Å²) in [6, 6.07) is 2.60. The summed E-state index contributed by atoms with van der Waals surface area (Å²) in [5.41, 5.74) is 0. The van der Waals surface area contributed by atoms with Crippen molar-refractivity contribution < 1.29 is 4.79 Å². The monoisotopic (exact) mass is 265 g/mol. The van der Waals surface area contributed by atoms with Crippen molar-refractivity contribution in [2.45, 2.75) is 75.5 Å². The molecule has 0 aromatic heterocycles. The molecule has 0 aromatic carbocycles. The van der Waals surface area contributed by atoms with Gasteiger partial charge in [0, 0.05) is 37.1 Å². The van der Waals surface area contributed by atoms with Crippen LogP contribution in [0.1, 0.15) is 51.4 Å². The molecule has 1 amide bonds. The van der Waals surface area contributed by atoms with E-state index < -0.39 is 0 Å². The van der Waals surface area contributed by atoms with Crippen molar-refractivity contribution in [3.05, 3.63) is 0 Å². The van der Waals surface area contributed by atoms with Crippen LogP contribution in [-0.2, 0) is 4.79 Å². The molecule has 3 fully saturated rings. The van der Waals surface area contributed by atoms with Gasteiger partial charge in [0.2, 0.25) is 5.91 Å². The van der Waals surface area contributed by atoms with Gasteiger partial charge in [-0.15, -0.1) is 0 Å². The smallest absolute Gasteiger partial charge is 0.221 e. The van der Waals surface area contributed by atoms with Gasteiger partial charge in [-0.2, -0.15) is 0 Å². The predicted molar refractivity (Wildman–Crippen MR) is 76.0 cm³/mol. The number of carbonyl (C=O) groups excluding carboxylic acids is 1. The van der Waals surface area contributed by atoms with Crippen molar-refractivity contribution in [2.24, 2.45) is 0 Å². The molecule has 2 bridgehead atoms.